The summed E-state index contributed by atoms with van der Waals surface area (Å²) in [5, 5.41) is 0.610. The fraction of sp³-hybridized carbons (Fsp3) is 0. The number of hydrogen-bond acceptors (Lipinski definition) is 3. The largest absolute Gasteiger partial charge is 0.337 e. The normalized spacial score (nSPS) is 9.30. The maximum absolute atomic E-state index is 4.92. The first kappa shape index (κ1) is 7.50. The summed E-state index contributed by atoms with van der Waals surface area (Å²) < 4.78 is 0.620. The van der Waals surface area contributed by atoms with E-state index in [4.69, 9.17) is 12.2 Å². The molecule has 1 N–H and O–H groups in total. The molecule has 52 valence electrons. The van der Waals surface area contributed by atoms with Gasteiger partial charge < -0.3 is 4.98 Å². The van der Waals surface area contributed by atoms with Gasteiger partial charge in [-0.1, -0.05) is 24.9 Å². The Balaban J connectivity index is 3.45. The molecule has 1 rings (SSSR count). The Bertz CT molecular complexity index is 303. The zero-order valence-electron chi connectivity index (χ0n) is 5.16. The van der Waals surface area contributed by atoms with E-state index in [1.54, 1.807) is 6.08 Å². The summed E-state index contributed by atoms with van der Waals surface area (Å²) in [6.07, 6.45) is 3.14. The molecular weight excluding hydrogens is 164 g/mol. The first-order valence-electron chi connectivity index (χ1n) is 2.65. The lowest BCUT2D eigenvalue weighted by atomic mass is 10.3. The number of nitrogens with one attached hydrogen (secondary N) is 1. The molecule has 0 aliphatic carbocycles. The van der Waals surface area contributed by atoms with Crippen molar-refractivity contribution in [3.8, 4) is 0 Å². The lowest BCUT2D eigenvalue weighted by Crippen LogP contribution is -1.85. The van der Waals surface area contributed by atoms with E-state index < -0.39 is 0 Å². The van der Waals surface area contributed by atoms with Crippen LogP contribution >= 0.6 is 24.8 Å². The van der Waals surface area contributed by atoms with Crippen molar-refractivity contribution in [3.63, 3.8) is 0 Å². The molecule has 2 nitrogen and oxygen atoms in total. The van der Waals surface area contributed by atoms with E-state index in [0.717, 1.165) is 5.56 Å². The Morgan fingerprint density at radius 1 is 1.80 bits per heavy atom. The molecule has 0 aromatic carbocycles. The minimum absolute atomic E-state index is 0.610. The summed E-state index contributed by atoms with van der Waals surface area (Å²) in [5.41, 5.74) is 0.779. The highest BCUT2D eigenvalue weighted by Crippen LogP contribution is 2.10. The van der Waals surface area contributed by atoms with Crippen LogP contribution in [0.15, 0.2) is 17.9 Å². The molecule has 0 saturated carbocycles. The number of thiol groups is 1. The van der Waals surface area contributed by atoms with Crippen LogP contribution in [0.5, 0.6) is 0 Å². The van der Waals surface area contributed by atoms with E-state index in [9.17, 15) is 0 Å². The van der Waals surface area contributed by atoms with Crippen molar-refractivity contribution in [2.45, 2.75) is 5.03 Å². The van der Waals surface area contributed by atoms with E-state index in [1.807, 2.05) is 0 Å². The zero-order chi connectivity index (χ0) is 7.56. The van der Waals surface area contributed by atoms with Gasteiger partial charge in [0.05, 0.1) is 6.33 Å². The van der Waals surface area contributed by atoms with Gasteiger partial charge in [0.25, 0.3) is 0 Å². The van der Waals surface area contributed by atoms with Gasteiger partial charge in [0.15, 0.2) is 0 Å². The quantitative estimate of drug-likeness (QED) is 0.384. The molecule has 1 aromatic rings. The second-order valence-corrected chi connectivity index (χ2v) is 2.50. The number of hydrogen-bond donors (Lipinski definition) is 2. The van der Waals surface area contributed by atoms with Crippen LogP contribution in [0, 0.1) is 4.64 Å². The molecule has 1 aromatic heterocycles. The topological polar surface area (TPSA) is 28.7 Å². The summed E-state index contributed by atoms with van der Waals surface area (Å²) in [7, 11) is 0. The minimum atomic E-state index is 0.610. The lowest BCUT2D eigenvalue weighted by molar-refractivity contribution is 1.03. The van der Waals surface area contributed by atoms with Crippen LogP contribution in [0.25, 0.3) is 6.08 Å². The summed E-state index contributed by atoms with van der Waals surface area (Å²) in [6, 6.07) is 0. The average Bonchev–Trinajstić information content (AvgIpc) is 1.88. The van der Waals surface area contributed by atoms with E-state index in [2.05, 4.69) is 29.2 Å². The molecule has 0 radical (unpaired) electrons. The fourth-order valence-corrected chi connectivity index (χ4v) is 1.15. The maximum Gasteiger partial charge on any atom is 0.114 e. The molecule has 1 heterocycles. The highest BCUT2D eigenvalue weighted by Gasteiger charge is 1.94. The second kappa shape index (κ2) is 2.98. The Labute approximate surface area is 69.4 Å². The first-order chi connectivity index (χ1) is 4.75. The van der Waals surface area contributed by atoms with Gasteiger partial charge >= 0.3 is 0 Å². The minimum Gasteiger partial charge on any atom is -0.337 e. The Kier molecular flexibility index (Phi) is 2.24. The van der Waals surface area contributed by atoms with E-state index in [1.165, 1.54) is 6.33 Å². The van der Waals surface area contributed by atoms with Crippen molar-refractivity contribution in [1.82, 2.24) is 9.97 Å². The van der Waals surface area contributed by atoms with Crippen LogP contribution in [-0.4, -0.2) is 9.97 Å². The van der Waals surface area contributed by atoms with Gasteiger partial charge in [-0.25, -0.2) is 4.98 Å². The van der Waals surface area contributed by atoms with Gasteiger partial charge in [-0.15, -0.1) is 12.6 Å². The zero-order valence-corrected chi connectivity index (χ0v) is 6.88. The monoisotopic (exact) mass is 170 g/mol. The van der Waals surface area contributed by atoms with Crippen LogP contribution < -0.4 is 0 Å². The molecule has 0 fully saturated rings. The van der Waals surface area contributed by atoms with Crippen LogP contribution in [-0.2, 0) is 0 Å². The lowest BCUT2D eigenvalue weighted by Gasteiger charge is -1.94. The highest BCUT2D eigenvalue weighted by atomic mass is 32.1. The predicted octanol–water partition coefficient (Wildman–Crippen LogP) is 2.07. The van der Waals surface area contributed by atoms with Crippen LogP contribution in [0.3, 0.4) is 0 Å². The van der Waals surface area contributed by atoms with Crippen molar-refractivity contribution < 1.29 is 0 Å². The number of nitrogens with zero attached hydrogens (tertiary/aromatic N) is 1. The number of H-pyrrole nitrogens is 1. The summed E-state index contributed by atoms with van der Waals surface area (Å²) in [6.45, 7) is 3.58. The van der Waals surface area contributed by atoms with Gasteiger partial charge in [-0.3, -0.25) is 0 Å². The Morgan fingerprint density at radius 3 is 2.90 bits per heavy atom. The van der Waals surface area contributed by atoms with Gasteiger partial charge in [0, 0.05) is 5.56 Å². The van der Waals surface area contributed by atoms with Crippen molar-refractivity contribution >= 4 is 30.9 Å². The van der Waals surface area contributed by atoms with Crippen LogP contribution in [0.1, 0.15) is 5.56 Å². The van der Waals surface area contributed by atoms with Crippen molar-refractivity contribution in [2.75, 3.05) is 0 Å². The van der Waals surface area contributed by atoms with Gasteiger partial charge in [0.1, 0.15) is 9.67 Å². The molecule has 0 aliphatic rings. The van der Waals surface area contributed by atoms with Gasteiger partial charge in [-0.05, 0) is 0 Å². The first-order valence-corrected chi connectivity index (χ1v) is 3.50. The van der Waals surface area contributed by atoms with Gasteiger partial charge in [-0.2, -0.15) is 0 Å². The molecule has 4 heteroatoms. The van der Waals surface area contributed by atoms with Crippen LogP contribution in [0.2, 0.25) is 0 Å². The SMILES string of the molecule is C=Cc1c(S)nc[nH]c1=S. The molecule has 0 spiro atoms. The Hall–Kier alpha value is -0.610. The summed E-state index contributed by atoms with van der Waals surface area (Å²) in [5.74, 6) is 0. The molecule has 0 aliphatic heterocycles. The fourth-order valence-electron chi connectivity index (χ4n) is 0.585. The third-order valence-corrected chi connectivity index (χ3v) is 1.77. The number of rotatable bonds is 1. The van der Waals surface area contributed by atoms with Crippen LogP contribution in [0.4, 0.5) is 0 Å². The van der Waals surface area contributed by atoms with E-state index in [-0.39, 0.29) is 0 Å². The number of aromatic amines is 1. The smallest absolute Gasteiger partial charge is 0.114 e. The Morgan fingerprint density at radius 2 is 2.50 bits per heavy atom. The molecule has 0 amide bonds. The van der Waals surface area contributed by atoms with Crippen molar-refractivity contribution in [1.29, 1.82) is 0 Å². The average molecular weight is 170 g/mol. The van der Waals surface area contributed by atoms with Gasteiger partial charge in [0.2, 0.25) is 0 Å². The third kappa shape index (κ3) is 1.27. The molecule has 0 atom stereocenters. The van der Waals surface area contributed by atoms with Crippen molar-refractivity contribution in [2.24, 2.45) is 0 Å². The molecular formula is C6H6N2S2. The molecule has 0 saturated heterocycles. The molecule has 0 bridgehead atoms. The second-order valence-electron chi connectivity index (χ2n) is 1.67. The van der Waals surface area contributed by atoms with E-state index in [0.29, 0.717) is 9.67 Å². The van der Waals surface area contributed by atoms with E-state index >= 15 is 0 Å². The molecule has 0 unspecified atom stereocenters. The standard InChI is InChI=1S/C6H6N2S2/c1-2-4-5(9)7-3-8-6(4)10/h2-3H,1H2,(H2,7,8,9,10). The van der Waals surface area contributed by atoms with Crippen molar-refractivity contribution in [3.05, 3.63) is 23.1 Å². The maximum atomic E-state index is 4.92. The highest BCUT2D eigenvalue weighted by molar-refractivity contribution is 7.80. The number of aromatic nitrogens is 2. The summed E-state index contributed by atoms with van der Waals surface area (Å²) in [4.78, 5) is 6.66. The summed E-state index contributed by atoms with van der Waals surface area (Å²) >= 11 is 9.00. The predicted molar refractivity (Wildman–Crippen MR) is 46.8 cm³/mol. The molecule has 10 heavy (non-hydrogen) atoms. The third-order valence-electron chi connectivity index (χ3n) is 1.07.